The van der Waals surface area contributed by atoms with Gasteiger partial charge in [-0.05, 0) is 31.4 Å². The number of unbranched alkanes of at least 4 members (excludes halogenated alkanes) is 1. The van der Waals surface area contributed by atoms with Gasteiger partial charge in [-0.1, -0.05) is 28.0 Å². The Balaban J connectivity index is 1.53. The summed E-state index contributed by atoms with van der Waals surface area (Å²) in [5, 5.41) is 3.82. The molecule has 2 heterocycles. The zero-order valence-corrected chi connectivity index (χ0v) is 13.1. The second kappa shape index (κ2) is 7.90. The third-order valence-corrected chi connectivity index (χ3v) is 6.43. The van der Waals surface area contributed by atoms with Crippen LogP contribution >= 0.6 is 21.6 Å². The second-order valence-electron chi connectivity index (χ2n) is 4.96. The van der Waals surface area contributed by atoms with E-state index >= 15 is 0 Å². The number of amides is 1. The molecular formula is C14H22N2OS2. The van der Waals surface area contributed by atoms with Crippen LogP contribution in [0.4, 0.5) is 0 Å². The Hall–Kier alpha value is -0.550. The van der Waals surface area contributed by atoms with Crippen molar-refractivity contribution in [2.45, 2.75) is 43.9 Å². The van der Waals surface area contributed by atoms with Crippen molar-refractivity contribution in [3.8, 4) is 0 Å². The summed E-state index contributed by atoms with van der Waals surface area (Å²) in [6.45, 7) is 0.636. The zero-order chi connectivity index (χ0) is 13.5. The average molecular weight is 298 g/mol. The first kappa shape index (κ1) is 14.9. The van der Waals surface area contributed by atoms with Crippen molar-refractivity contribution in [2.75, 3.05) is 5.75 Å². The SMILES string of the molecule is Cn1cccc1CNC(=O)CCCC[C@@H]1CCSS1. The van der Waals surface area contributed by atoms with Crippen LogP contribution in [0.25, 0.3) is 0 Å². The number of rotatable bonds is 7. The van der Waals surface area contributed by atoms with Crippen LogP contribution < -0.4 is 5.32 Å². The van der Waals surface area contributed by atoms with Gasteiger partial charge in [-0.3, -0.25) is 4.79 Å². The molecule has 1 saturated heterocycles. The summed E-state index contributed by atoms with van der Waals surface area (Å²) < 4.78 is 2.04. The van der Waals surface area contributed by atoms with Crippen LogP contribution in [0, 0.1) is 0 Å². The first-order chi connectivity index (χ1) is 9.25. The first-order valence-corrected chi connectivity index (χ1v) is 9.29. The lowest BCUT2D eigenvalue weighted by atomic mass is 10.1. The molecule has 1 amide bonds. The molecule has 1 aromatic rings. The first-order valence-electron chi connectivity index (χ1n) is 6.91. The van der Waals surface area contributed by atoms with Crippen LogP contribution in [0.3, 0.4) is 0 Å². The average Bonchev–Trinajstić information content (AvgIpc) is 3.04. The molecule has 1 aliphatic heterocycles. The molecule has 3 nitrogen and oxygen atoms in total. The van der Waals surface area contributed by atoms with Gasteiger partial charge in [0.15, 0.2) is 0 Å². The molecule has 0 aromatic carbocycles. The quantitative estimate of drug-likeness (QED) is 0.619. The second-order valence-corrected chi connectivity index (χ2v) is 7.75. The van der Waals surface area contributed by atoms with E-state index in [0.717, 1.165) is 17.4 Å². The van der Waals surface area contributed by atoms with E-state index in [1.54, 1.807) is 0 Å². The lowest BCUT2D eigenvalue weighted by Gasteiger charge is -2.08. The number of nitrogens with zero attached hydrogens (tertiary/aromatic N) is 1. The molecule has 0 saturated carbocycles. The number of nitrogens with one attached hydrogen (secondary N) is 1. The van der Waals surface area contributed by atoms with Crippen molar-refractivity contribution in [2.24, 2.45) is 7.05 Å². The number of hydrogen-bond acceptors (Lipinski definition) is 3. The highest BCUT2D eigenvalue weighted by molar-refractivity contribution is 8.77. The molecule has 1 N–H and O–H groups in total. The van der Waals surface area contributed by atoms with Gasteiger partial charge in [0.05, 0.1) is 6.54 Å². The Kier molecular flexibility index (Phi) is 6.17. The molecule has 0 bridgehead atoms. The Bertz CT molecular complexity index is 400. The van der Waals surface area contributed by atoms with E-state index in [4.69, 9.17) is 0 Å². The smallest absolute Gasteiger partial charge is 0.220 e. The van der Waals surface area contributed by atoms with Crippen LogP contribution in [0.15, 0.2) is 18.3 Å². The summed E-state index contributed by atoms with van der Waals surface area (Å²) in [6.07, 6.45) is 7.46. The molecule has 106 valence electrons. The monoisotopic (exact) mass is 298 g/mol. The van der Waals surface area contributed by atoms with Gasteiger partial charge < -0.3 is 9.88 Å². The minimum Gasteiger partial charge on any atom is -0.353 e. The van der Waals surface area contributed by atoms with Crippen molar-refractivity contribution in [1.82, 2.24) is 9.88 Å². The minimum atomic E-state index is 0.176. The van der Waals surface area contributed by atoms with E-state index in [-0.39, 0.29) is 5.91 Å². The van der Waals surface area contributed by atoms with Gasteiger partial charge >= 0.3 is 0 Å². The van der Waals surface area contributed by atoms with Crippen molar-refractivity contribution >= 4 is 27.5 Å². The number of hydrogen-bond donors (Lipinski definition) is 1. The Morgan fingerprint density at radius 1 is 1.53 bits per heavy atom. The fourth-order valence-corrected chi connectivity index (χ4v) is 5.21. The fraction of sp³-hybridized carbons (Fsp3) is 0.643. The highest BCUT2D eigenvalue weighted by atomic mass is 33.1. The maximum Gasteiger partial charge on any atom is 0.220 e. The van der Waals surface area contributed by atoms with Crippen molar-refractivity contribution in [3.63, 3.8) is 0 Å². The number of aromatic nitrogens is 1. The van der Waals surface area contributed by atoms with E-state index in [2.05, 4.69) is 5.32 Å². The summed E-state index contributed by atoms with van der Waals surface area (Å²) in [4.78, 5) is 11.7. The maximum atomic E-state index is 11.7. The van der Waals surface area contributed by atoms with Gasteiger partial charge in [-0.25, -0.2) is 0 Å². The van der Waals surface area contributed by atoms with Gasteiger partial charge in [0, 0.05) is 36.4 Å². The van der Waals surface area contributed by atoms with Crippen LogP contribution in [0.2, 0.25) is 0 Å². The maximum absolute atomic E-state index is 11.7. The Morgan fingerprint density at radius 3 is 3.11 bits per heavy atom. The van der Waals surface area contributed by atoms with Crippen molar-refractivity contribution < 1.29 is 4.79 Å². The normalized spacial score (nSPS) is 18.7. The number of carbonyl (C=O) groups is 1. The molecule has 1 fully saturated rings. The van der Waals surface area contributed by atoms with Gasteiger partial charge in [-0.15, -0.1) is 0 Å². The van der Waals surface area contributed by atoms with Crippen molar-refractivity contribution in [3.05, 3.63) is 24.0 Å². The molecule has 1 atom stereocenters. The van der Waals surface area contributed by atoms with Gasteiger partial charge in [-0.2, -0.15) is 0 Å². The predicted molar refractivity (Wildman–Crippen MR) is 84.2 cm³/mol. The molecule has 0 unspecified atom stereocenters. The molecule has 19 heavy (non-hydrogen) atoms. The molecule has 1 aromatic heterocycles. The Morgan fingerprint density at radius 2 is 2.42 bits per heavy atom. The molecule has 0 aliphatic carbocycles. The van der Waals surface area contributed by atoms with Gasteiger partial charge in [0.1, 0.15) is 0 Å². The summed E-state index contributed by atoms with van der Waals surface area (Å²) >= 11 is 0. The summed E-state index contributed by atoms with van der Waals surface area (Å²) in [6, 6.07) is 4.04. The molecule has 1 aliphatic rings. The molecular weight excluding hydrogens is 276 g/mol. The van der Waals surface area contributed by atoms with E-state index in [1.165, 1.54) is 25.0 Å². The van der Waals surface area contributed by atoms with E-state index < -0.39 is 0 Å². The summed E-state index contributed by atoms with van der Waals surface area (Å²) in [5.41, 5.74) is 1.15. The van der Waals surface area contributed by atoms with Crippen molar-refractivity contribution in [1.29, 1.82) is 0 Å². The van der Waals surface area contributed by atoms with Gasteiger partial charge in [0.2, 0.25) is 5.91 Å². The third kappa shape index (κ3) is 5.15. The van der Waals surface area contributed by atoms with Crippen LogP contribution in [-0.4, -0.2) is 21.5 Å². The lowest BCUT2D eigenvalue weighted by molar-refractivity contribution is -0.121. The van der Waals surface area contributed by atoms with Crippen LogP contribution in [0.1, 0.15) is 37.8 Å². The lowest BCUT2D eigenvalue weighted by Crippen LogP contribution is -2.23. The third-order valence-electron chi connectivity index (χ3n) is 3.43. The molecule has 2 rings (SSSR count). The highest BCUT2D eigenvalue weighted by Crippen LogP contribution is 2.39. The Labute approximate surface area is 123 Å². The van der Waals surface area contributed by atoms with E-state index in [1.807, 2.05) is 51.5 Å². The largest absolute Gasteiger partial charge is 0.353 e. The number of aryl methyl sites for hydroxylation is 1. The standard InChI is InChI=1S/C14H22N2OS2/c1-16-9-4-5-12(16)11-15-14(17)7-3-2-6-13-8-10-18-19-13/h4-5,9,13H,2-3,6-8,10-11H2,1H3,(H,15,17)/t13-/m1/s1. The van der Waals surface area contributed by atoms with E-state index in [9.17, 15) is 4.79 Å². The fourth-order valence-electron chi connectivity index (χ4n) is 2.18. The minimum absolute atomic E-state index is 0.176. The molecule has 5 heteroatoms. The van der Waals surface area contributed by atoms with Crippen LogP contribution in [-0.2, 0) is 18.4 Å². The zero-order valence-electron chi connectivity index (χ0n) is 11.4. The highest BCUT2D eigenvalue weighted by Gasteiger charge is 2.15. The van der Waals surface area contributed by atoms with E-state index in [0.29, 0.717) is 13.0 Å². The summed E-state index contributed by atoms with van der Waals surface area (Å²) in [5.74, 6) is 1.47. The topological polar surface area (TPSA) is 34.0 Å². The summed E-state index contributed by atoms with van der Waals surface area (Å²) in [7, 11) is 6.01. The molecule has 0 spiro atoms. The number of carbonyl (C=O) groups excluding carboxylic acids is 1. The van der Waals surface area contributed by atoms with Gasteiger partial charge in [0.25, 0.3) is 0 Å². The predicted octanol–water partition coefficient (Wildman–Crippen LogP) is 3.36. The molecule has 0 radical (unpaired) electrons. The van der Waals surface area contributed by atoms with Crippen LogP contribution in [0.5, 0.6) is 0 Å².